The number of imide groups is 1. The van der Waals surface area contributed by atoms with Gasteiger partial charge in [-0.3, -0.25) is 9.69 Å². The molecule has 3 amide bonds. The number of nitrogens with zero attached hydrogens (tertiary/aromatic N) is 3. The van der Waals surface area contributed by atoms with Crippen molar-refractivity contribution in [2.45, 2.75) is 6.18 Å². The van der Waals surface area contributed by atoms with E-state index in [2.05, 4.69) is 9.97 Å². The van der Waals surface area contributed by atoms with Crippen LogP contribution in [0, 0.1) is 5.82 Å². The van der Waals surface area contributed by atoms with E-state index in [1.54, 1.807) is 18.3 Å². The van der Waals surface area contributed by atoms with Crippen LogP contribution in [0.5, 0.6) is 11.5 Å². The van der Waals surface area contributed by atoms with Gasteiger partial charge in [-0.05, 0) is 42.5 Å². The number of alkyl halides is 3. The first-order valence-corrected chi connectivity index (χ1v) is 9.93. The molecule has 11 heteroatoms. The molecular weight excluding hydrogens is 456 g/mol. The van der Waals surface area contributed by atoms with Crippen LogP contribution in [0.2, 0.25) is 0 Å². The molecule has 1 aliphatic rings. The molecule has 5 rings (SSSR count). The topological polar surface area (TPSA) is 78.5 Å². The molecule has 0 saturated carbocycles. The lowest BCUT2D eigenvalue weighted by Crippen LogP contribution is -2.33. The Morgan fingerprint density at radius 1 is 1.03 bits per heavy atom. The molecule has 7 nitrogen and oxygen atoms in total. The number of halogens is 4. The Morgan fingerprint density at radius 3 is 2.62 bits per heavy atom. The van der Waals surface area contributed by atoms with E-state index in [9.17, 15) is 27.2 Å². The Balaban J connectivity index is 1.41. The number of H-pyrrole nitrogens is 1. The molecule has 1 saturated heterocycles. The van der Waals surface area contributed by atoms with Crippen molar-refractivity contribution in [3.8, 4) is 11.5 Å². The van der Waals surface area contributed by atoms with Gasteiger partial charge in [0, 0.05) is 24.1 Å². The Labute approximate surface area is 189 Å². The molecular formula is C23H14F4N4O3. The summed E-state index contributed by atoms with van der Waals surface area (Å²) in [5.41, 5.74) is -0.843. The van der Waals surface area contributed by atoms with Crippen LogP contribution in [0.3, 0.4) is 0 Å². The zero-order valence-electron chi connectivity index (χ0n) is 17.1. The lowest BCUT2D eigenvalue weighted by Gasteiger charge is -2.19. The second-order valence-electron chi connectivity index (χ2n) is 7.41. The predicted molar refractivity (Wildman–Crippen MR) is 114 cm³/mol. The number of carbonyl (C=O) groups is 2. The second kappa shape index (κ2) is 7.87. The highest BCUT2D eigenvalue weighted by molar-refractivity contribution is 6.27. The van der Waals surface area contributed by atoms with Crippen molar-refractivity contribution in [1.29, 1.82) is 0 Å². The number of aromatic nitrogens is 2. The maximum absolute atomic E-state index is 14.9. The Kier molecular flexibility index (Phi) is 4.96. The van der Waals surface area contributed by atoms with E-state index in [0.29, 0.717) is 21.7 Å². The number of hydrogen-bond donors (Lipinski definition) is 1. The predicted octanol–water partition coefficient (Wildman–Crippen LogP) is 5.49. The number of fused-ring (bicyclic) bond motifs is 1. The summed E-state index contributed by atoms with van der Waals surface area (Å²) < 4.78 is 59.8. The van der Waals surface area contributed by atoms with Gasteiger partial charge in [0.15, 0.2) is 5.82 Å². The summed E-state index contributed by atoms with van der Waals surface area (Å²) in [6.07, 6.45) is -1.43. The highest BCUT2D eigenvalue weighted by Crippen LogP contribution is 2.35. The molecule has 3 heterocycles. The minimum Gasteiger partial charge on any atom is -0.456 e. The number of pyridine rings is 1. The van der Waals surface area contributed by atoms with Gasteiger partial charge in [0.1, 0.15) is 23.7 Å². The van der Waals surface area contributed by atoms with Crippen molar-refractivity contribution in [3.63, 3.8) is 0 Å². The van der Waals surface area contributed by atoms with E-state index in [4.69, 9.17) is 4.74 Å². The third-order valence-electron chi connectivity index (χ3n) is 5.26. The minimum atomic E-state index is -4.62. The maximum atomic E-state index is 14.9. The minimum absolute atomic E-state index is 0.115. The molecule has 1 fully saturated rings. The number of urea groups is 1. The number of ether oxygens (including phenoxy) is 1. The molecule has 0 spiro atoms. The summed E-state index contributed by atoms with van der Waals surface area (Å²) in [4.78, 5) is 33.9. The van der Waals surface area contributed by atoms with Crippen LogP contribution in [-0.4, -0.2) is 28.5 Å². The van der Waals surface area contributed by atoms with Crippen molar-refractivity contribution >= 4 is 34.3 Å². The van der Waals surface area contributed by atoms with E-state index in [1.165, 1.54) is 24.4 Å². The standard InChI is InChI=1S/C23H14F4N4O3/c24-17-11-15(34-19-7-9-29-21-16(19)6-8-28-21)4-5-18(17)31-20(32)12-30(22(31)33)14-3-1-2-13(10-14)23(25,26)27/h1-11H,12H2,(H,28,29). The van der Waals surface area contributed by atoms with Crippen LogP contribution in [-0.2, 0) is 11.0 Å². The number of carbonyl (C=O) groups excluding carboxylic acids is 2. The highest BCUT2D eigenvalue weighted by atomic mass is 19.4. The van der Waals surface area contributed by atoms with E-state index in [1.807, 2.05) is 0 Å². The molecule has 1 N–H and O–H groups in total. The van der Waals surface area contributed by atoms with Gasteiger partial charge in [-0.2, -0.15) is 13.2 Å². The molecule has 0 atom stereocenters. The normalized spacial score (nSPS) is 14.4. The molecule has 2 aromatic carbocycles. The van der Waals surface area contributed by atoms with Gasteiger partial charge in [0.2, 0.25) is 0 Å². The number of nitrogens with one attached hydrogen (secondary N) is 1. The first kappa shape index (κ1) is 21.4. The summed E-state index contributed by atoms with van der Waals surface area (Å²) in [6.45, 7) is -0.527. The first-order chi connectivity index (χ1) is 16.2. The lowest BCUT2D eigenvalue weighted by molar-refractivity contribution is -0.137. The molecule has 0 radical (unpaired) electrons. The first-order valence-electron chi connectivity index (χ1n) is 9.93. The summed E-state index contributed by atoms with van der Waals surface area (Å²) in [5, 5.41) is 0.675. The summed E-state index contributed by atoms with van der Waals surface area (Å²) >= 11 is 0. The van der Waals surface area contributed by atoms with Gasteiger partial charge in [0.25, 0.3) is 5.91 Å². The number of rotatable bonds is 4. The zero-order chi connectivity index (χ0) is 24.0. The van der Waals surface area contributed by atoms with Gasteiger partial charge in [-0.15, -0.1) is 0 Å². The monoisotopic (exact) mass is 470 g/mol. The van der Waals surface area contributed by atoms with Gasteiger partial charge in [-0.1, -0.05) is 6.07 Å². The molecule has 4 aromatic rings. The Morgan fingerprint density at radius 2 is 1.85 bits per heavy atom. The quantitative estimate of drug-likeness (QED) is 0.316. The fourth-order valence-corrected chi connectivity index (χ4v) is 3.67. The maximum Gasteiger partial charge on any atom is 0.416 e. The van der Waals surface area contributed by atoms with E-state index >= 15 is 0 Å². The average Bonchev–Trinajstić information content (AvgIpc) is 3.39. The Bertz CT molecular complexity index is 1430. The highest BCUT2D eigenvalue weighted by Gasteiger charge is 2.40. The van der Waals surface area contributed by atoms with Crippen molar-refractivity contribution < 1.29 is 31.9 Å². The van der Waals surface area contributed by atoms with Crippen molar-refractivity contribution in [2.75, 3.05) is 16.3 Å². The van der Waals surface area contributed by atoms with Crippen LogP contribution in [0.1, 0.15) is 5.56 Å². The number of aromatic amines is 1. The van der Waals surface area contributed by atoms with Crippen molar-refractivity contribution in [3.05, 3.63) is 78.4 Å². The van der Waals surface area contributed by atoms with E-state index in [0.717, 1.165) is 29.2 Å². The number of benzene rings is 2. The molecule has 0 bridgehead atoms. The SMILES string of the molecule is O=C1CN(c2cccc(C(F)(F)F)c2)C(=O)N1c1ccc(Oc2ccnc3[nH]ccc23)cc1F. The van der Waals surface area contributed by atoms with Crippen LogP contribution in [0.15, 0.2) is 67.0 Å². The number of anilines is 2. The van der Waals surface area contributed by atoms with Crippen LogP contribution in [0.4, 0.5) is 33.7 Å². The van der Waals surface area contributed by atoms with E-state index in [-0.39, 0.29) is 17.1 Å². The largest absolute Gasteiger partial charge is 0.456 e. The van der Waals surface area contributed by atoms with Crippen LogP contribution < -0.4 is 14.5 Å². The third kappa shape index (κ3) is 3.70. The van der Waals surface area contributed by atoms with Crippen LogP contribution >= 0.6 is 0 Å². The molecule has 172 valence electrons. The number of hydrogen-bond acceptors (Lipinski definition) is 4. The van der Waals surface area contributed by atoms with Crippen molar-refractivity contribution in [1.82, 2.24) is 9.97 Å². The van der Waals surface area contributed by atoms with Gasteiger partial charge < -0.3 is 9.72 Å². The molecule has 34 heavy (non-hydrogen) atoms. The third-order valence-corrected chi connectivity index (χ3v) is 5.26. The van der Waals surface area contributed by atoms with Gasteiger partial charge in [0.05, 0.1) is 16.6 Å². The molecule has 0 unspecified atom stereocenters. The van der Waals surface area contributed by atoms with Crippen molar-refractivity contribution in [2.24, 2.45) is 0 Å². The summed E-state index contributed by atoms with van der Waals surface area (Å²) in [6, 6.07) is 10.00. The van der Waals surface area contributed by atoms with Crippen LogP contribution in [0.25, 0.3) is 11.0 Å². The molecule has 1 aliphatic heterocycles. The fraction of sp³-hybridized carbons (Fsp3) is 0.0870. The number of amides is 3. The lowest BCUT2D eigenvalue weighted by atomic mass is 10.2. The average molecular weight is 470 g/mol. The summed E-state index contributed by atoms with van der Waals surface area (Å²) in [7, 11) is 0. The van der Waals surface area contributed by atoms with Gasteiger partial charge >= 0.3 is 12.2 Å². The Hall–Kier alpha value is -4.41. The molecule has 0 aliphatic carbocycles. The second-order valence-corrected chi connectivity index (χ2v) is 7.41. The summed E-state index contributed by atoms with van der Waals surface area (Å²) in [5.74, 6) is -1.16. The van der Waals surface area contributed by atoms with Gasteiger partial charge in [-0.25, -0.2) is 19.1 Å². The van der Waals surface area contributed by atoms with E-state index < -0.39 is 36.0 Å². The fourth-order valence-electron chi connectivity index (χ4n) is 3.67. The molecule has 2 aromatic heterocycles. The smallest absolute Gasteiger partial charge is 0.416 e. The zero-order valence-corrected chi connectivity index (χ0v) is 17.1.